The van der Waals surface area contributed by atoms with E-state index in [9.17, 15) is 9.59 Å². The van der Waals surface area contributed by atoms with Crippen LogP contribution in [-0.4, -0.2) is 39.2 Å². The third kappa shape index (κ3) is 3.58. The maximum Gasteiger partial charge on any atom is 0.326 e. The van der Waals surface area contributed by atoms with Crippen molar-refractivity contribution in [3.63, 3.8) is 0 Å². The number of nitrogens with zero attached hydrogens (tertiary/aromatic N) is 2. The van der Waals surface area contributed by atoms with Crippen molar-refractivity contribution in [3.8, 4) is 0 Å². The van der Waals surface area contributed by atoms with E-state index in [0.29, 0.717) is 5.16 Å². The summed E-state index contributed by atoms with van der Waals surface area (Å²) in [6.07, 6.45) is 3.35. The molecule has 8 heteroatoms. The normalized spacial score (nSPS) is 11.9. The number of carbonyl (C=O) groups is 2. The highest BCUT2D eigenvalue weighted by atomic mass is 35.5. The molecule has 1 amide bonds. The number of hydrogen-bond acceptors (Lipinski definition) is 5. The minimum atomic E-state index is -1.10. The van der Waals surface area contributed by atoms with Crippen molar-refractivity contribution >= 4 is 35.2 Å². The van der Waals surface area contributed by atoms with Crippen molar-refractivity contribution in [1.29, 1.82) is 0 Å². The summed E-state index contributed by atoms with van der Waals surface area (Å²) in [7, 11) is 0. The van der Waals surface area contributed by atoms with Gasteiger partial charge in [0.25, 0.3) is 5.91 Å². The van der Waals surface area contributed by atoms with E-state index in [2.05, 4.69) is 15.3 Å². The van der Waals surface area contributed by atoms with E-state index in [1.807, 2.05) is 0 Å². The lowest BCUT2D eigenvalue weighted by atomic mass is 10.2. The van der Waals surface area contributed by atoms with Gasteiger partial charge in [0.2, 0.25) is 0 Å². The molecule has 0 aromatic carbocycles. The first-order valence-corrected chi connectivity index (χ1v) is 6.70. The second-order valence-electron chi connectivity index (χ2n) is 3.33. The standard InChI is InChI=1S/C10H12ClN3O3S/c1-3-6(9(16)17)13-8(15)7-5(11)4-12-10(14-7)18-2/h4,6H,3H2,1-2H3,(H,13,15)(H,16,17). The quantitative estimate of drug-likeness (QED) is 0.629. The van der Waals surface area contributed by atoms with Gasteiger partial charge in [-0.15, -0.1) is 0 Å². The summed E-state index contributed by atoms with van der Waals surface area (Å²) in [6, 6.07) is -0.957. The van der Waals surface area contributed by atoms with Crippen LogP contribution >= 0.6 is 23.4 Å². The highest BCUT2D eigenvalue weighted by Crippen LogP contribution is 2.16. The van der Waals surface area contributed by atoms with E-state index < -0.39 is 17.9 Å². The van der Waals surface area contributed by atoms with Crippen LogP contribution in [0.1, 0.15) is 23.8 Å². The fraction of sp³-hybridized carbons (Fsp3) is 0.400. The van der Waals surface area contributed by atoms with Crippen molar-refractivity contribution in [3.05, 3.63) is 16.9 Å². The number of aromatic nitrogens is 2. The summed E-state index contributed by atoms with van der Waals surface area (Å²) in [4.78, 5) is 30.5. The summed E-state index contributed by atoms with van der Waals surface area (Å²) in [5.41, 5.74) is -0.0179. The second-order valence-corrected chi connectivity index (χ2v) is 4.51. The Morgan fingerprint density at radius 2 is 2.28 bits per heavy atom. The zero-order valence-electron chi connectivity index (χ0n) is 9.81. The smallest absolute Gasteiger partial charge is 0.326 e. The van der Waals surface area contributed by atoms with Crippen LogP contribution in [0.5, 0.6) is 0 Å². The van der Waals surface area contributed by atoms with Gasteiger partial charge in [-0.3, -0.25) is 4.79 Å². The second kappa shape index (κ2) is 6.55. The number of halogens is 1. The first kappa shape index (κ1) is 14.7. The molecule has 1 atom stereocenters. The number of amides is 1. The van der Waals surface area contributed by atoms with E-state index in [1.165, 1.54) is 18.0 Å². The fourth-order valence-corrected chi connectivity index (χ4v) is 1.69. The minimum Gasteiger partial charge on any atom is -0.480 e. The van der Waals surface area contributed by atoms with Gasteiger partial charge in [-0.1, -0.05) is 30.3 Å². The lowest BCUT2D eigenvalue weighted by Crippen LogP contribution is -2.40. The van der Waals surface area contributed by atoms with Gasteiger partial charge in [0, 0.05) is 0 Å². The molecule has 1 aromatic rings. The third-order valence-electron chi connectivity index (χ3n) is 2.13. The molecule has 0 saturated heterocycles. The molecule has 1 unspecified atom stereocenters. The van der Waals surface area contributed by atoms with E-state index in [0.717, 1.165) is 0 Å². The van der Waals surface area contributed by atoms with Crippen molar-refractivity contribution in [2.45, 2.75) is 24.5 Å². The highest BCUT2D eigenvalue weighted by molar-refractivity contribution is 7.98. The van der Waals surface area contributed by atoms with Gasteiger partial charge in [-0.2, -0.15) is 0 Å². The molecule has 1 heterocycles. The molecule has 98 valence electrons. The van der Waals surface area contributed by atoms with Gasteiger partial charge < -0.3 is 10.4 Å². The van der Waals surface area contributed by atoms with Gasteiger partial charge in [0.1, 0.15) is 6.04 Å². The Morgan fingerprint density at radius 3 is 2.78 bits per heavy atom. The monoisotopic (exact) mass is 289 g/mol. The van der Waals surface area contributed by atoms with Crippen LogP contribution in [0.2, 0.25) is 5.02 Å². The van der Waals surface area contributed by atoms with Gasteiger partial charge in [-0.05, 0) is 12.7 Å². The summed E-state index contributed by atoms with van der Waals surface area (Å²) >= 11 is 7.07. The summed E-state index contributed by atoms with van der Waals surface area (Å²) < 4.78 is 0. The number of carboxylic acids is 1. The molecule has 0 bridgehead atoms. The molecule has 0 saturated carbocycles. The Kier molecular flexibility index (Phi) is 5.36. The van der Waals surface area contributed by atoms with Crippen LogP contribution in [0.3, 0.4) is 0 Å². The molecule has 0 radical (unpaired) electrons. The first-order chi connectivity index (χ1) is 8.49. The maximum absolute atomic E-state index is 11.8. The predicted molar refractivity (Wildman–Crippen MR) is 68.0 cm³/mol. The lowest BCUT2D eigenvalue weighted by Gasteiger charge is -2.12. The number of thioether (sulfide) groups is 1. The molecular formula is C10H12ClN3O3S. The van der Waals surface area contributed by atoms with Crippen LogP contribution < -0.4 is 5.32 Å². The van der Waals surface area contributed by atoms with Gasteiger partial charge in [0.05, 0.1) is 11.2 Å². The van der Waals surface area contributed by atoms with Crippen molar-refractivity contribution in [1.82, 2.24) is 15.3 Å². The summed E-state index contributed by atoms with van der Waals surface area (Å²) in [6.45, 7) is 1.66. The molecule has 0 aliphatic carbocycles. The SMILES string of the molecule is CCC(NC(=O)c1nc(SC)ncc1Cl)C(=O)O. The minimum absolute atomic E-state index is 0.0179. The number of carboxylic acid groups (broad SMARTS) is 1. The highest BCUT2D eigenvalue weighted by Gasteiger charge is 2.21. The summed E-state index contributed by atoms with van der Waals surface area (Å²) in [5.74, 6) is -1.71. The van der Waals surface area contributed by atoms with Gasteiger partial charge in [-0.25, -0.2) is 14.8 Å². The first-order valence-electron chi connectivity index (χ1n) is 5.09. The average Bonchev–Trinajstić information content (AvgIpc) is 2.35. The number of nitrogens with one attached hydrogen (secondary N) is 1. The molecule has 1 rings (SSSR count). The van der Waals surface area contributed by atoms with Crippen molar-refractivity contribution in [2.24, 2.45) is 0 Å². The Bertz CT molecular complexity index is 470. The molecule has 0 aliphatic rings. The lowest BCUT2D eigenvalue weighted by molar-refractivity contribution is -0.139. The molecule has 18 heavy (non-hydrogen) atoms. The van der Waals surface area contributed by atoms with Crippen molar-refractivity contribution < 1.29 is 14.7 Å². The number of aliphatic carboxylic acids is 1. The molecule has 0 spiro atoms. The zero-order valence-corrected chi connectivity index (χ0v) is 11.4. The summed E-state index contributed by atoms with van der Waals surface area (Å²) in [5, 5.41) is 11.7. The van der Waals surface area contributed by atoms with E-state index in [1.54, 1.807) is 13.2 Å². The topological polar surface area (TPSA) is 92.2 Å². The predicted octanol–water partition coefficient (Wildman–Crippen LogP) is 1.44. The average molecular weight is 290 g/mol. The van der Waals surface area contributed by atoms with Gasteiger partial charge >= 0.3 is 5.97 Å². The Hall–Kier alpha value is -1.34. The Morgan fingerprint density at radius 1 is 1.61 bits per heavy atom. The molecular weight excluding hydrogens is 278 g/mol. The Labute approximate surface area is 113 Å². The maximum atomic E-state index is 11.8. The third-order valence-corrected chi connectivity index (χ3v) is 2.97. The van der Waals surface area contributed by atoms with Crippen LogP contribution in [0.4, 0.5) is 0 Å². The molecule has 0 fully saturated rings. The Balaban J connectivity index is 2.93. The molecule has 0 aliphatic heterocycles. The van der Waals surface area contributed by atoms with Crippen molar-refractivity contribution in [2.75, 3.05) is 6.26 Å². The van der Waals surface area contributed by atoms with Crippen LogP contribution in [-0.2, 0) is 4.79 Å². The molecule has 2 N–H and O–H groups in total. The molecule has 1 aromatic heterocycles. The van der Waals surface area contributed by atoms with Gasteiger partial charge in [0.15, 0.2) is 10.9 Å². The van der Waals surface area contributed by atoms with E-state index in [4.69, 9.17) is 16.7 Å². The number of carbonyl (C=O) groups excluding carboxylic acids is 1. The van der Waals surface area contributed by atoms with Crippen LogP contribution in [0.15, 0.2) is 11.4 Å². The molecule has 6 nitrogen and oxygen atoms in total. The zero-order chi connectivity index (χ0) is 13.7. The number of hydrogen-bond donors (Lipinski definition) is 2. The van der Waals surface area contributed by atoms with Crippen LogP contribution in [0, 0.1) is 0 Å². The van der Waals surface area contributed by atoms with E-state index in [-0.39, 0.29) is 17.1 Å². The fourth-order valence-electron chi connectivity index (χ4n) is 1.17. The van der Waals surface area contributed by atoms with E-state index >= 15 is 0 Å². The number of rotatable bonds is 5. The van der Waals surface area contributed by atoms with Crippen LogP contribution in [0.25, 0.3) is 0 Å². The largest absolute Gasteiger partial charge is 0.480 e.